The van der Waals surface area contributed by atoms with Crippen molar-refractivity contribution in [1.29, 1.82) is 0 Å². The predicted molar refractivity (Wildman–Crippen MR) is 156 cm³/mol. The number of hydrogen-bond donors (Lipinski definition) is 0. The van der Waals surface area contributed by atoms with Crippen LogP contribution < -0.4 is 0 Å². The van der Waals surface area contributed by atoms with E-state index in [4.69, 9.17) is 0 Å². The van der Waals surface area contributed by atoms with Crippen LogP contribution in [0.1, 0.15) is 118 Å². The quantitative estimate of drug-likeness (QED) is 0.329. The third kappa shape index (κ3) is 6.06. The van der Waals surface area contributed by atoms with E-state index < -0.39 is 0 Å². The Hall–Kier alpha value is -2.93. The Morgan fingerprint density at radius 1 is 0.833 bits per heavy atom. The minimum atomic E-state index is -0.101. The van der Waals surface area contributed by atoms with Gasteiger partial charge in [0.1, 0.15) is 0 Å². The van der Waals surface area contributed by atoms with Crippen LogP contribution in [0.2, 0.25) is 0 Å². The van der Waals surface area contributed by atoms with E-state index in [2.05, 4.69) is 79.7 Å². The molecular formula is C35H44O. The Morgan fingerprint density at radius 2 is 1.53 bits per heavy atom. The normalized spacial score (nSPS) is 18.2. The van der Waals surface area contributed by atoms with E-state index >= 15 is 0 Å². The maximum atomic E-state index is 13.2. The van der Waals surface area contributed by atoms with Gasteiger partial charge >= 0.3 is 0 Å². The summed E-state index contributed by atoms with van der Waals surface area (Å²) in [5.41, 5.74) is 7.81. The lowest BCUT2D eigenvalue weighted by molar-refractivity contribution is -0.116. The Morgan fingerprint density at radius 3 is 2.22 bits per heavy atom. The Bertz CT molecular complexity index is 1140. The molecule has 190 valence electrons. The monoisotopic (exact) mass is 480 g/mol. The standard InChI is InChI=1S/C33H36O.C2H6.H2/c1-2-9-30(28-12-7-4-8-13-28)33-31-23-25(16-19-29(31)20-21-32(33)34)22-24-14-17-27(18-15-24)26-10-5-3-6-11-26;1-2;/h4,7-8,12-21,23,26,30,33H,2-3,5-6,9-11,22H2,1H3;1-2H3;1H. The number of hydrogen-bond acceptors (Lipinski definition) is 1. The molecule has 2 unspecified atom stereocenters. The van der Waals surface area contributed by atoms with E-state index in [9.17, 15) is 4.79 Å². The van der Waals surface area contributed by atoms with Gasteiger partial charge in [0, 0.05) is 1.43 Å². The van der Waals surface area contributed by atoms with Crippen LogP contribution in [0.4, 0.5) is 0 Å². The lowest BCUT2D eigenvalue weighted by Crippen LogP contribution is -2.22. The van der Waals surface area contributed by atoms with Crippen molar-refractivity contribution in [3.05, 3.63) is 112 Å². The van der Waals surface area contributed by atoms with E-state index in [0.717, 1.165) is 25.2 Å². The molecular weight excluding hydrogens is 436 g/mol. The molecule has 1 saturated carbocycles. The Labute approximate surface area is 220 Å². The minimum absolute atomic E-state index is 0. The number of benzene rings is 3. The summed E-state index contributed by atoms with van der Waals surface area (Å²) < 4.78 is 0. The molecule has 0 heterocycles. The van der Waals surface area contributed by atoms with Crippen molar-refractivity contribution in [2.45, 2.75) is 89.9 Å². The summed E-state index contributed by atoms with van der Waals surface area (Å²) in [5, 5.41) is 0. The lowest BCUT2D eigenvalue weighted by Gasteiger charge is -2.30. The molecule has 3 aromatic carbocycles. The Kier molecular flexibility index (Phi) is 9.34. The fraction of sp³-hybridized carbons (Fsp3) is 0.400. The molecule has 0 saturated heterocycles. The maximum absolute atomic E-state index is 13.2. The first kappa shape index (κ1) is 26.1. The van der Waals surface area contributed by atoms with E-state index in [1.165, 1.54) is 65.5 Å². The van der Waals surface area contributed by atoms with E-state index in [1.54, 1.807) is 6.08 Å². The first-order chi connectivity index (χ1) is 17.7. The van der Waals surface area contributed by atoms with Crippen molar-refractivity contribution < 1.29 is 6.22 Å². The molecule has 3 aromatic rings. The topological polar surface area (TPSA) is 17.1 Å². The smallest absolute Gasteiger partial charge is 0.163 e. The van der Waals surface area contributed by atoms with Crippen LogP contribution in [0.5, 0.6) is 0 Å². The number of rotatable bonds is 7. The number of carbonyl (C=O) groups excluding carboxylic acids is 1. The average molecular weight is 481 g/mol. The van der Waals surface area contributed by atoms with E-state index in [0.29, 0.717) is 0 Å². The van der Waals surface area contributed by atoms with Gasteiger partial charge in [-0.25, -0.2) is 0 Å². The predicted octanol–water partition coefficient (Wildman–Crippen LogP) is 9.86. The molecule has 0 aromatic heterocycles. The van der Waals surface area contributed by atoms with Crippen LogP contribution in [-0.4, -0.2) is 5.78 Å². The van der Waals surface area contributed by atoms with Gasteiger partial charge in [-0.1, -0.05) is 125 Å². The average Bonchev–Trinajstić information content (AvgIpc) is 2.94. The van der Waals surface area contributed by atoms with Gasteiger partial charge in [0.2, 0.25) is 0 Å². The van der Waals surface area contributed by atoms with E-state index in [-0.39, 0.29) is 19.0 Å². The van der Waals surface area contributed by atoms with Gasteiger partial charge < -0.3 is 0 Å². The first-order valence-corrected chi connectivity index (χ1v) is 14.2. The fourth-order valence-electron chi connectivity index (χ4n) is 6.12. The van der Waals surface area contributed by atoms with Crippen LogP contribution in [0.25, 0.3) is 6.08 Å². The summed E-state index contributed by atoms with van der Waals surface area (Å²) >= 11 is 0. The Balaban J connectivity index is 0.00000124. The molecule has 1 nitrogen and oxygen atoms in total. The number of carbonyl (C=O) groups is 1. The van der Waals surface area contributed by atoms with Crippen molar-refractivity contribution in [3.63, 3.8) is 0 Å². The highest BCUT2D eigenvalue weighted by Gasteiger charge is 2.32. The molecule has 0 aliphatic heterocycles. The molecule has 0 radical (unpaired) electrons. The summed E-state index contributed by atoms with van der Waals surface area (Å²) in [6.07, 6.45) is 13.6. The van der Waals surface area contributed by atoms with Gasteiger partial charge in [0.25, 0.3) is 0 Å². The zero-order valence-electron chi connectivity index (χ0n) is 22.4. The zero-order valence-corrected chi connectivity index (χ0v) is 22.4. The molecule has 2 aliphatic carbocycles. The molecule has 0 amide bonds. The lowest BCUT2D eigenvalue weighted by atomic mass is 9.72. The van der Waals surface area contributed by atoms with Gasteiger partial charge in [-0.3, -0.25) is 4.79 Å². The van der Waals surface area contributed by atoms with Crippen molar-refractivity contribution in [1.82, 2.24) is 0 Å². The highest BCUT2D eigenvalue weighted by molar-refractivity contribution is 6.02. The summed E-state index contributed by atoms with van der Waals surface area (Å²) in [7, 11) is 0. The van der Waals surface area contributed by atoms with Crippen molar-refractivity contribution in [2.75, 3.05) is 0 Å². The second-order valence-corrected chi connectivity index (χ2v) is 10.2. The molecule has 0 bridgehead atoms. The van der Waals surface area contributed by atoms with Crippen molar-refractivity contribution in [3.8, 4) is 0 Å². The summed E-state index contributed by atoms with van der Waals surface area (Å²) in [4.78, 5) is 13.2. The van der Waals surface area contributed by atoms with Crippen LogP contribution in [0.3, 0.4) is 0 Å². The van der Waals surface area contributed by atoms with E-state index in [1.807, 2.05) is 19.9 Å². The van der Waals surface area contributed by atoms with Crippen LogP contribution in [-0.2, 0) is 11.2 Å². The highest BCUT2D eigenvalue weighted by atomic mass is 16.1. The second-order valence-electron chi connectivity index (χ2n) is 10.2. The third-order valence-corrected chi connectivity index (χ3v) is 7.91. The summed E-state index contributed by atoms with van der Waals surface area (Å²) in [5.74, 6) is 1.10. The van der Waals surface area contributed by atoms with Crippen molar-refractivity contribution >= 4 is 11.9 Å². The third-order valence-electron chi connectivity index (χ3n) is 7.91. The minimum Gasteiger partial charge on any atom is -0.294 e. The molecule has 0 spiro atoms. The SMILES string of the molecule is CC.CCCC(c1ccccc1)C1C(=O)C=Cc2ccc(Cc3ccc(C4CCCCC4)cc3)cc21.[HH]. The first-order valence-electron chi connectivity index (χ1n) is 14.2. The summed E-state index contributed by atoms with van der Waals surface area (Å²) in [6.45, 7) is 6.22. The molecule has 1 heteroatoms. The number of allylic oxidation sites excluding steroid dienone is 1. The highest BCUT2D eigenvalue weighted by Crippen LogP contribution is 2.42. The van der Waals surface area contributed by atoms with Crippen LogP contribution in [0.15, 0.2) is 78.9 Å². The summed E-state index contributed by atoms with van der Waals surface area (Å²) in [6, 6.07) is 26.7. The maximum Gasteiger partial charge on any atom is 0.163 e. The zero-order chi connectivity index (χ0) is 25.3. The molecule has 2 aliphatic rings. The second kappa shape index (κ2) is 12.9. The van der Waals surface area contributed by atoms with Gasteiger partial charge in [-0.15, -0.1) is 0 Å². The van der Waals surface area contributed by atoms with Crippen molar-refractivity contribution in [2.24, 2.45) is 0 Å². The van der Waals surface area contributed by atoms with Crippen LogP contribution in [0, 0.1) is 0 Å². The number of ketones is 1. The molecule has 5 rings (SSSR count). The molecule has 2 atom stereocenters. The van der Waals surface area contributed by atoms with Crippen LogP contribution >= 0.6 is 0 Å². The van der Waals surface area contributed by atoms with Gasteiger partial charge in [-0.05, 0) is 77.0 Å². The van der Waals surface area contributed by atoms with Gasteiger partial charge in [0.05, 0.1) is 5.92 Å². The number of fused-ring (bicyclic) bond motifs is 1. The molecule has 0 N–H and O–H groups in total. The molecule has 1 fully saturated rings. The molecule has 36 heavy (non-hydrogen) atoms. The van der Waals surface area contributed by atoms with Gasteiger partial charge in [0.15, 0.2) is 5.78 Å². The fourth-order valence-corrected chi connectivity index (χ4v) is 6.12. The largest absolute Gasteiger partial charge is 0.294 e. The van der Waals surface area contributed by atoms with Gasteiger partial charge in [-0.2, -0.15) is 0 Å².